The van der Waals surface area contributed by atoms with Crippen molar-refractivity contribution in [1.29, 1.82) is 0 Å². The lowest BCUT2D eigenvalue weighted by Crippen LogP contribution is -2.23. The van der Waals surface area contributed by atoms with Crippen LogP contribution in [0, 0.1) is 12.8 Å². The second-order valence-corrected chi connectivity index (χ2v) is 7.70. The number of esters is 1. The Morgan fingerprint density at radius 3 is 2.16 bits per heavy atom. The van der Waals surface area contributed by atoms with Gasteiger partial charge in [-0.3, -0.25) is 14.0 Å². The fourth-order valence-electron chi connectivity index (χ4n) is 3.63. The summed E-state index contributed by atoms with van der Waals surface area (Å²) in [5.41, 5.74) is 3.93. The average molecular weight is 412 g/mol. The van der Waals surface area contributed by atoms with Crippen molar-refractivity contribution >= 4 is 11.6 Å². The molecule has 0 fully saturated rings. The molecular formula is C26H24N2O3. The fourth-order valence-corrected chi connectivity index (χ4v) is 3.63. The summed E-state index contributed by atoms with van der Waals surface area (Å²) in [6.45, 7) is 1.89. The summed E-state index contributed by atoms with van der Waals surface area (Å²) in [7, 11) is 0. The molecule has 5 heteroatoms. The van der Waals surface area contributed by atoms with Gasteiger partial charge in [0.25, 0.3) is 5.56 Å². The summed E-state index contributed by atoms with van der Waals surface area (Å²) in [4.78, 5) is 29.8. The number of nitrogens with zero attached hydrogens (tertiary/aromatic N) is 2. The number of aromatic nitrogens is 2. The molecule has 2 aromatic carbocycles. The third-order valence-corrected chi connectivity index (χ3v) is 5.21. The lowest BCUT2D eigenvalue weighted by atomic mass is 9.92. The van der Waals surface area contributed by atoms with Gasteiger partial charge in [-0.25, -0.2) is 4.98 Å². The Labute approximate surface area is 181 Å². The predicted octanol–water partition coefficient (Wildman–Crippen LogP) is 4.15. The Morgan fingerprint density at radius 1 is 0.935 bits per heavy atom. The number of benzene rings is 2. The number of ether oxygens (including phenoxy) is 1. The van der Waals surface area contributed by atoms with Crippen molar-refractivity contribution in [2.45, 2.75) is 26.4 Å². The molecular weight excluding hydrogens is 388 g/mol. The van der Waals surface area contributed by atoms with Gasteiger partial charge in [-0.05, 0) is 42.5 Å². The number of pyridine rings is 1. The standard InChI is InChI=1S/C26H24N2O3/c1-19-12-13-24-27-23(16-25(29)28(24)17-19)18-31-26(30)22(14-20-8-4-2-5-9-20)15-21-10-6-3-7-11-21/h2-13,16-17,22H,14-15,18H2,1H3. The lowest BCUT2D eigenvalue weighted by molar-refractivity contribution is -0.150. The number of hydrogen-bond donors (Lipinski definition) is 0. The van der Waals surface area contributed by atoms with E-state index in [9.17, 15) is 9.59 Å². The fraction of sp³-hybridized carbons (Fsp3) is 0.192. The molecule has 5 nitrogen and oxygen atoms in total. The highest BCUT2D eigenvalue weighted by Gasteiger charge is 2.21. The molecule has 0 aliphatic rings. The second kappa shape index (κ2) is 9.39. The van der Waals surface area contributed by atoms with Crippen LogP contribution in [-0.4, -0.2) is 15.4 Å². The number of fused-ring (bicyclic) bond motifs is 1. The first-order valence-corrected chi connectivity index (χ1v) is 10.3. The van der Waals surface area contributed by atoms with Crippen molar-refractivity contribution in [1.82, 2.24) is 9.38 Å². The number of carbonyl (C=O) groups is 1. The molecule has 4 rings (SSSR count). The second-order valence-electron chi connectivity index (χ2n) is 7.70. The molecule has 0 amide bonds. The van der Waals surface area contributed by atoms with Gasteiger partial charge in [-0.15, -0.1) is 0 Å². The Bertz CT molecular complexity index is 1190. The largest absolute Gasteiger partial charge is 0.459 e. The molecule has 0 spiro atoms. The molecule has 0 atom stereocenters. The van der Waals surface area contributed by atoms with Crippen molar-refractivity contribution in [2.24, 2.45) is 5.92 Å². The van der Waals surface area contributed by atoms with Gasteiger partial charge in [0.05, 0.1) is 11.6 Å². The summed E-state index contributed by atoms with van der Waals surface area (Å²) in [6, 6.07) is 24.9. The molecule has 0 radical (unpaired) electrons. The summed E-state index contributed by atoms with van der Waals surface area (Å²) in [5.74, 6) is -0.618. The van der Waals surface area contributed by atoms with E-state index in [1.54, 1.807) is 12.3 Å². The van der Waals surface area contributed by atoms with Crippen LogP contribution < -0.4 is 5.56 Å². The van der Waals surface area contributed by atoms with Gasteiger partial charge < -0.3 is 4.74 Å². The van der Waals surface area contributed by atoms with Gasteiger partial charge in [-0.1, -0.05) is 66.7 Å². The zero-order valence-electron chi connectivity index (χ0n) is 17.4. The van der Waals surface area contributed by atoms with E-state index in [1.165, 1.54) is 10.5 Å². The molecule has 0 aliphatic heterocycles. The van der Waals surface area contributed by atoms with E-state index in [0.717, 1.165) is 16.7 Å². The molecule has 156 valence electrons. The van der Waals surface area contributed by atoms with Gasteiger partial charge in [0.1, 0.15) is 12.3 Å². The Kier molecular flexibility index (Phi) is 6.22. The van der Waals surface area contributed by atoms with Crippen molar-refractivity contribution in [2.75, 3.05) is 0 Å². The minimum absolute atomic E-state index is 0.0292. The molecule has 0 saturated heterocycles. The highest BCUT2D eigenvalue weighted by Crippen LogP contribution is 2.17. The van der Waals surface area contributed by atoms with Gasteiger partial charge in [-0.2, -0.15) is 0 Å². The van der Waals surface area contributed by atoms with E-state index in [2.05, 4.69) is 4.98 Å². The van der Waals surface area contributed by atoms with Crippen LogP contribution in [0.5, 0.6) is 0 Å². The quantitative estimate of drug-likeness (QED) is 0.428. The van der Waals surface area contributed by atoms with Gasteiger partial charge >= 0.3 is 5.97 Å². The van der Waals surface area contributed by atoms with E-state index >= 15 is 0 Å². The molecule has 0 saturated carbocycles. The summed E-state index contributed by atoms with van der Waals surface area (Å²) in [5, 5.41) is 0. The Morgan fingerprint density at radius 2 is 1.55 bits per heavy atom. The van der Waals surface area contributed by atoms with Crippen LogP contribution in [0.4, 0.5) is 0 Å². The predicted molar refractivity (Wildman–Crippen MR) is 120 cm³/mol. The van der Waals surface area contributed by atoms with Crippen LogP contribution >= 0.6 is 0 Å². The van der Waals surface area contributed by atoms with Crippen LogP contribution in [0.3, 0.4) is 0 Å². The third-order valence-electron chi connectivity index (χ3n) is 5.21. The van der Waals surface area contributed by atoms with Crippen LogP contribution in [-0.2, 0) is 29.0 Å². The molecule has 2 heterocycles. The molecule has 2 aromatic heterocycles. The van der Waals surface area contributed by atoms with Crippen LogP contribution in [0.2, 0.25) is 0 Å². The zero-order valence-corrected chi connectivity index (χ0v) is 17.4. The summed E-state index contributed by atoms with van der Waals surface area (Å²) >= 11 is 0. The minimum Gasteiger partial charge on any atom is -0.459 e. The molecule has 4 aromatic rings. The lowest BCUT2D eigenvalue weighted by Gasteiger charge is -2.16. The monoisotopic (exact) mass is 412 g/mol. The maximum atomic E-state index is 13.0. The van der Waals surface area contributed by atoms with E-state index in [4.69, 9.17) is 4.74 Å². The van der Waals surface area contributed by atoms with Crippen molar-refractivity contribution in [3.05, 3.63) is 118 Å². The highest BCUT2D eigenvalue weighted by molar-refractivity contribution is 5.73. The summed E-state index contributed by atoms with van der Waals surface area (Å²) in [6.07, 6.45) is 2.92. The summed E-state index contributed by atoms with van der Waals surface area (Å²) < 4.78 is 7.11. The first-order valence-electron chi connectivity index (χ1n) is 10.3. The Hall–Kier alpha value is -3.73. The number of aryl methyl sites for hydroxylation is 1. The maximum absolute atomic E-state index is 13.0. The van der Waals surface area contributed by atoms with Gasteiger partial charge in [0, 0.05) is 12.3 Å². The normalized spacial score (nSPS) is 11.0. The highest BCUT2D eigenvalue weighted by atomic mass is 16.5. The minimum atomic E-state index is -0.325. The number of rotatable bonds is 7. The van der Waals surface area contributed by atoms with Gasteiger partial charge in [0.15, 0.2) is 0 Å². The Balaban J connectivity index is 1.51. The van der Waals surface area contributed by atoms with E-state index in [0.29, 0.717) is 24.2 Å². The molecule has 0 unspecified atom stereocenters. The van der Waals surface area contributed by atoms with Crippen LogP contribution in [0.25, 0.3) is 5.65 Å². The van der Waals surface area contributed by atoms with Crippen molar-refractivity contribution < 1.29 is 9.53 Å². The molecule has 0 bridgehead atoms. The molecule has 31 heavy (non-hydrogen) atoms. The van der Waals surface area contributed by atoms with E-state index in [-0.39, 0.29) is 24.1 Å². The van der Waals surface area contributed by atoms with Crippen LogP contribution in [0.1, 0.15) is 22.4 Å². The smallest absolute Gasteiger partial charge is 0.309 e. The van der Waals surface area contributed by atoms with Crippen molar-refractivity contribution in [3.63, 3.8) is 0 Å². The first-order chi connectivity index (χ1) is 15.1. The van der Waals surface area contributed by atoms with Gasteiger partial charge in [0.2, 0.25) is 0 Å². The number of carbonyl (C=O) groups excluding carboxylic acids is 1. The average Bonchev–Trinajstić information content (AvgIpc) is 2.79. The van der Waals surface area contributed by atoms with Crippen LogP contribution in [0.15, 0.2) is 89.9 Å². The molecule has 0 aliphatic carbocycles. The first kappa shape index (κ1) is 20.5. The SMILES string of the molecule is Cc1ccc2nc(COC(=O)C(Cc3ccccc3)Cc3ccccc3)cc(=O)n2c1. The third kappa shape index (κ3) is 5.25. The van der Waals surface area contributed by atoms with E-state index in [1.807, 2.05) is 73.7 Å². The maximum Gasteiger partial charge on any atom is 0.309 e. The number of hydrogen-bond acceptors (Lipinski definition) is 4. The van der Waals surface area contributed by atoms with Crippen molar-refractivity contribution in [3.8, 4) is 0 Å². The zero-order chi connectivity index (χ0) is 21.6. The molecule has 0 N–H and O–H groups in total. The van der Waals surface area contributed by atoms with E-state index < -0.39 is 0 Å². The topological polar surface area (TPSA) is 60.7 Å².